The van der Waals surface area contributed by atoms with Gasteiger partial charge in [0.05, 0.1) is 45.9 Å². The molecule has 2 aromatic heterocycles. The van der Waals surface area contributed by atoms with Crippen LogP contribution in [0.25, 0.3) is 44.6 Å². The topological polar surface area (TPSA) is 51.6 Å². The lowest BCUT2D eigenvalue weighted by atomic mass is 10.1. The summed E-state index contributed by atoms with van der Waals surface area (Å²) in [4.78, 5) is 16.9. The number of nitrogens with zero attached hydrogens (tertiary/aromatic N) is 4. The first-order valence-electron chi connectivity index (χ1n) is 12.3. The predicted octanol–water partition coefficient (Wildman–Crippen LogP) is 11.5. The van der Waals surface area contributed by atoms with Crippen molar-refractivity contribution in [2.45, 2.75) is 12.4 Å². The van der Waals surface area contributed by atoms with Crippen LogP contribution >= 0.6 is 55.1 Å². The van der Waals surface area contributed by atoms with Crippen LogP contribution in [0.15, 0.2) is 94.1 Å². The smallest absolute Gasteiger partial charge is 0.252 e. The average molecular weight is 775 g/mol. The van der Waals surface area contributed by atoms with Crippen LogP contribution in [0, 0.1) is 0 Å². The van der Waals surface area contributed by atoms with Crippen molar-refractivity contribution in [1.82, 2.24) is 19.9 Å². The normalized spacial score (nSPS) is 11.9. The molecule has 4 nitrogen and oxygen atoms in total. The molecule has 0 unspecified atom stereocenters. The maximum Gasteiger partial charge on any atom is 0.416 e. The summed E-state index contributed by atoms with van der Waals surface area (Å²) in [5, 5.41) is 1.16. The Morgan fingerprint density at radius 3 is 1.45 bits per heavy atom. The molecule has 0 atom stereocenters. The van der Waals surface area contributed by atoms with Gasteiger partial charge in [-0.1, -0.05) is 47.5 Å². The van der Waals surface area contributed by atoms with Crippen LogP contribution in [-0.4, -0.2) is 19.9 Å². The van der Waals surface area contributed by atoms with E-state index in [0.717, 1.165) is 35.4 Å². The first kappa shape index (κ1) is 32.1. The number of benzene rings is 4. The Labute approximate surface area is 272 Å². The summed E-state index contributed by atoms with van der Waals surface area (Å²) in [6.07, 6.45) is -5.90. The Balaban J connectivity index is 0.000000175. The van der Waals surface area contributed by atoms with Gasteiger partial charge in [0.1, 0.15) is 11.0 Å². The third kappa shape index (κ3) is 7.31. The van der Waals surface area contributed by atoms with Crippen LogP contribution in [-0.2, 0) is 12.4 Å². The van der Waals surface area contributed by atoms with Crippen molar-refractivity contribution >= 4 is 77.1 Å². The van der Waals surface area contributed by atoms with Crippen molar-refractivity contribution < 1.29 is 26.3 Å². The largest absolute Gasteiger partial charge is 0.416 e. The van der Waals surface area contributed by atoms with Crippen LogP contribution in [0.2, 0.25) is 10.0 Å². The molecule has 0 aliphatic carbocycles. The summed E-state index contributed by atoms with van der Waals surface area (Å²) in [5.74, 6) is 0. The van der Waals surface area contributed by atoms with Crippen molar-refractivity contribution in [2.24, 2.45) is 0 Å². The zero-order valence-electron chi connectivity index (χ0n) is 21.7. The van der Waals surface area contributed by atoms with Gasteiger partial charge in [-0.15, -0.1) is 0 Å². The third-order valence-electron chi connectivity index (χ3n) is 6.14. The zero-order chi connectivity index (χ0) is 31.8. The summed E-state index contributed by atoms with van der Waals surface area (Å²) in [6, 6.07) is 17.8. The van der Waals surface area contributed by atoms with E-state index in [1.165, 1.54) is 12.4 Å². The molecule has 4 aromatic carbocycles. The second-order valence-electron chi connectivity index (χ2n) is 9.17. The van der Waals surface area contributed by atoms with Crippen LogP contribution < -0.4 is 0 Å². The van der Waals surface area contributed by atoms with E-state index in [9.17, 15) is 26.3 Å². The van der Waals surface area contributed by atoms with E-state index < -0.39 is 23.5 Å². The van der Waals surface area contributed by atoms with E-state index in [1.807, 2.05) is 0 Å². The second kappa shape index (κ2) is 12.6. The molecule has 6 rings (SSSR count). The quantitative estimate of drug-likeness (QED) is 0.164. The molecule has 0 aliphatic rings. The van der Waals surface area contributed by atoms with Crippen LogP contribution in [0.3, 0.4) is 0 Å². The Morgan fingerprint density at radius 1 is 0.523 bits per heavy atom. The number of rotatable bonds is 2. The molecule has 6 aromatic rings. The lowest BCUT2D eigenvalue weighted by Crippen LogP contribution is -2.05. The van der Waals surface area contributed by atoms with E-state index in [-0.39, 0.29) is 20.0 Å². The van der Waals surface area contributed by atoms with Gasteiger partial charge in [0.2, 0.25) is 0 Å². The second-order valence-corrected chi connectivity index (χ2v) is 11.8. The van der Waals surface area contributed by atoms with Crippen molar-refractivity contribution in [3.05, 3.63) is 115 Å². The highest BCUT2D eigenvalue weighted by Gasteiger charge is 2.32. The monoisotopic (exact) mass is 772 g/mol. The van der Waals surface area contributed by atoms with Gasteiger partial charge in [-0.25, -0.2) is 9.97 Å². The van der Waals surface area contributed by atoms with Gasteiger partial charge in [-0.2, -0.15) is 26.3 Å². The predicted molar refractivity (Wildman–Crippen MR) is 165 cm³/mol. The van der Waals surface area contributed by atoms with Crippen molar-refractivity contribution in [3.8, 4) is 22.5 Å². The molecule has 0 fully saturated rings. The number of hydrogen-bond donors (Lipinski definition) is 0. The minimum atomic E-state index is -4.44. The Kier molecular flexibility index (Phi) is 9.18. The number of fused-ring (bicyclic) bond motifs is 2. The molecule has 0 saturated heterocycles. The Bertz CT molecular complexity index is 1990. The molecule has 0 spiro atoms. The van der Waals surface area contributed by atoms with Crippen molar-refractivity contribution in [3.63, 3.8) is 0 Å². The Morgan fingerprint density at radius 2 is 0.955 bits per heavy atom. The molecular formula is C30H14Br2Cl2F6N4. The van der Waals surface area contributed by atoms with Gasteiger partial charge < -0.3 is 0 Å². The summed E-state index contributed by atoms with van der Waals surface area (Å²) in [5.41, 5.74) is 2.13. The minimum absolute atomic E-state index is 0.175. The van der Waals surface area contributed by atoms with Gasteiger partial charge in [0, 0.05) is 30.1 Å². The number of halogens is 10. The van der Waals surface area contributed by atoms with Crippen LogP contribution in [0.4, 0.5) is 26.3 Å². The van der Waals surface area contributed by atoms with Crippen LogP contribution in [0.1, 0.15) is 11.1 Å². The fourth-order valence-electron chi connectivity index (χ4n) is 4.00. The molecule has 0 saturated carbocycles. The van der Waals surface area contributed by atoms with E-state index in [2.05, 4.69) is 51.8 Å². The minimum Gasteiger partial charge on any atom is -0.252 e. The molecule has 2 heterocycles. The highest BCUT2D eigenvalue weighted by Crippen LogP contribution is 2.36. The summed E-state index contributed by atoms with van der Waals surface area (Å²) >= 11 is 17.9. The molecule has 224 valence electrons. The maximum atomic E-state index is 12.9. The van der Waals surface area contributed by atoms with Gasteiger partial charge in [0.15, 0.2) is 0 Å². The van der Waals surface area contributed by atoms with Gasteiger partial charge in [-0.05, 0) is 80.4 Å². The van der Waals surface area contributed by atoms with Gasteiger partial charge in [-0.3, -0.25) is 9.97 Å². The van der Waals surface area contributed by atoms with Gasteiger partial charge >= 0.3 is 12.4 Å². The summed E-state index contributed by atoms with van der Waals surface area (Å²) in [7, 11) is 0. The Hall–Kier alpha value is -3.32. The molecular weight excluding hydrogens is 761 g/mol. The van der Waals surface area contributed by atoms with E-state index in [0.29, 0.717) is 32.5 Å². The van der Waals surface area contributed by atoms with E-state index in [4.69, 9.17) is 23.2 Å². The maximum absolute atomic E-state index is 12.9. The first-order valence-corrected chi connectivity index (χ1v) is 14.6. The molecule has 0 radical (unpaired) electrons. The number of aromatic nitrogens is 4. The number of hydrogen-bond acceptors (Lipinski definition) is 4. The van der Waals surface area contributed by atoms with Crippen molar-refractivity contribution in [2.75, 3.05) is 0 Å². The van der Waals surface area contributed by atoms with Crippen molar-refractivity contribution in [1.29, 1.82) is 0 Å². The molecule has 44 heavy (non-hydrogen) atoms. The lowest BCUT2D eigenvalue weighted by molar-refractivity contribution is -0.138. The third-order valence-corrected chi connectivity index (χ3v) is 7.85. The highest BCUT2D eigenvalue weighted by molar-refractivity contribution is 9.11. The molecule has 14 heteroatoms. The molecule has 0 amide bonds. The number of alkyl halides is 6. The van der Waals surface area contributed by atoms with E-state index in [1.54, 1.807) is 48.5 Å². The lowest BCUT2D eigenvalue weighted by Gasteiger charge is -2.09. The summed E-state index contributed by atoms with van der Waals surface area (Å²) < 4.78 is 77.5. The standard InChI is InChI=1S/2C15H7BrClF3N2/c16-11-5-9(15(18,19)20)6-12-14(11)21-7-13(22-12)8-1-3-10(17)4-2-8;16-11-5-9(15(18,19)20)6-12-14(11)22-13(7-21-12)8-1-3-10(17)4-2-8/h2*1-7H. The highest BCUT2D eigenvalue weighted by atomic mass is 79.9. The fourth-order valence-corrected chi connectivity index (χ4v) is 5.34. The summed E-state index contributed by atoms with van der Waals surface area (Å²) in [6.45, 7) is 0. The molecule has 0 aliphatic heterocycles. The van der Waals surface area contributed by atoms with Gasteiger partial charge in [0.25, 0.3) is 0 Å². The zero-order valence-corrected chi connectivity index (χ0v) is 26.3. The fraction of sp³-hybridized carbons (Fsp3) is 0.0667. The molecule has 0 bridgehead atoms. The SMILES string of the molecule is FC(F)(F)c1cc(Br)c2nc(-c3ccc(Cl)cc3)cnc2c1.FC(F)(F)c1cc(Br)c2ncc(-c3ccc(Cl)cc3)nc2c1. The average Bonchev–Trinajstić information content (AvgIpc) is 2.97. The first-order chi connectivity index (χ1) is 20.7. The van der Waals surface area contributed by atoms with Crippen LogP contribution in [0.5, 0.6) is 0 Å². The van der Waals surface area contributed by atoms with E-state index >= 15 is 0 Å². The molecule has 0 N–H and O–H groups in total.